The number of anilines is 1. The summed E-state index contributed by atoms with van der Waals surface area (Å²) < 4.78 is 10.6. The van der Waals surface area contributed by atoms with Gasteiger partial charge in [0, 0.05) is 35.8 Å². The van der Waals surface area contributed by atoms with Gasteiger partial charge in [-0.25, -0.2) is 4.79 Å². The second-order valence-electron chi connectivity index (χ2n) is 10.7. The van der Waals surface area contributed by atoms with E-state index in [0.717, 1.165) is 5.56 Å². The van der Waals surface area contributed by atoms with Crippen LogP contribution in [0.4, 0.5) is 16.2 Å². The summed E-state index contributed by atoms with van der Waals surface area (Å²) in [6, 6.07) is 11.6. The molecule has 0 saturated carbocycles. The van der Waals surface area contributed by atoms with Crippen molar-refractivity contribution in [3.8, 4) is 11.5 Å². The van der Waals surface area contributed by atoms with Crippen LogP contribution in [0.2, 0.25) is 5.02 Å². The van der Waals surface area contributed by atoms with Gasteiger partial charge >= 0.3 is 6.03 Å². The first kappa shape index (κ1) is 31.3. The number of halogens is 1. The van der Waals surface area contributed by atoms with Crippen molar-refractivity contribution in [2.24, 2.45) is 0 Å². The summed E-state index contributed by atoms with van der Waals surface area (Å²) in [5.74, 6) is -0.714. The summed E-state index contributed by atoms with van der Waals surface area (Å²) in [6.45, 7) is 1.89. The molecule has 1 atom stereocenters. The average molecular weight is 636 g/mol. The number of methoxy groups -OCH3 is 2. The van der Waals surface area contributed by atoms with Gasteiger partial charge in [0.2, 0.25) is 11.8 Å². The molecular weight excluding hydrogens is 606 g/mol. The number of nitrogens with one attached hydrogen (secondary N) is 2. The molecule has 3 aromatic carbocycles. The number of amides is 5. The Balaban J connectivity index is 1.38. The number of fused-ring (bicyclic) bond motifs is 1. The molecule has 45 heavy (non-hydrogen) atoms. The molecule has 2 heterocycles. The molecule has 0 radical (unpaired) electrons. The number of hydrogen-bond donors (Lipinski definition) is 2. The zero-order valence-electron chi connectivity index (χ0n) is 24.7. The van der Waals surface area contributed by atoms with E-state index in [9.17, 15) is 29.3 Å². The third-order valence-electron chi connectivity index (χ3n) is 7.85. The number of benzene rings is 3. The number of nitro groups is 1. The molecule has 5 rings (SSSR count). The highest BCUT2D eigenvalue weighted by molar-refractivity contribution is 6.31. The molecule has 5 amide bonds. The van der Waals surface area contributed by atoms with Crippen LogP contribution < -0.4 is 25.0 Å². The van der Waals surface area contributed by atoms with Crippen LogP contribution in [0.1, 0.15) is 45.5 Å². The van der Waals surface area contributed by atoms with Crippen molar-refractivity contribution >= 4 is 46.7 Å². The minimum Gasteiger partial charge on any atom is -0.493 e. The van der Waals surface area contributed by atoms with E-state index >= 15 is 0 Å². The van der Waals surface area contributed by atoms with Crippen molar-refractivity contribution in [2.45, 2.75) is 45.4 Å². The van der Waals surface area contributed by atoms with E-state index in [2.05, 4.69) is 10.6 Å². The Hall–Kier alpha value is -5.17. The molecule has 0 bridgehead atoms. The first-order chi connectivity index (χ1) is 21.5. The molecule has 2 aliphatic rings. The molecule has 234 valence electrons. The van der Waals surface area contributed by atoms with Crippen LogP contribution in [0.15, 0.2) is 48.5 Å². The number of rotatable bonds is 9. The van der Waals surface area contributed by atoms with Crippen molar-refractivity contribution in [1.29, 1.82) is 0 Å². The van der Waals surface area contributed by atoms with Gasteiger partial charge in [-0.1, -0.05) is 29.8 Å². The third-order valence-corrected chi connectivity index (χ3v) is 8.26. The second-order valence-corrected chi connectivity index (χ2v) is 11.1. The summed E-state index contributed by atoms with van der Waals surface area (Å²) >= 11 is 6.38. The Labute approximate surface area is 263 Å². The zero-order valence-corrected chi connectivity index (χ0v) is 25.5. The fourth-order valence-electron chi connectivity index (χ4n) is 5.42. The summed E-state index contributed by atoms with van der Waals surface area (Å²) in [7, 11) is 2.78. The molecule has 0 aliphatic carbocycles. The molecule has 14 heteroatoms. The smallest absolute Gasteiger partial charge is 0.322 e. The number of ether oxygens (including phenoxy) is 2. The lowest BCUT2D eigenvalue weighted by Gasteiger charge is -2.29. The van der Waals surface area contributed by atoms with Crippen LogP contribution in [0, 0.1) is 17.0 Å². The average Bonchev–Trinajstić information content (AvgIpc) is 3.34. The van der Waals surface area contributed by atoms with Crippen molar-refractivity contribution in [3.05, 3.63) is 91.5 Å². The molecule has 1 saturated heterocycles. The van der Waals surface area contributed by atoms with E-state index in [-0.39, 0.29) is 67.0 Å². The van der Waals surface area contributed by atoms with Gasteiger partial charge in [-0.05, 0) is 54.3 Å². The van der Waals surface area contributed by atoms with E-state index in [0.29, 0.717) is 27.4 Å². The monoisotopic (exact) mass is 635 g/mol. The quantitative estimate of drug-likeness (QED) is 0.200. The predicted octanol–water partition coefficient (Wildman–Crippen LogP) is 4.25. The van der Waals surface area contributed by atoms with Crippen molar-refractivity contribution in [1.82, 2.24) is 15.5 Å². The highest BCUT2D eigenvalue weighted by atomic mass is 35.5. The number of urea groups is 1. The maximum Gasteiger partial charge on any atom is 0.322 e. The minimum absolute atomic E-state index is 0.0723. The Kier molecular flexibility index (Phi) is 8.91. The van der Waals surface area contributed by atoms with Gasteiger partial charge in [0.1, 0.15) is 6.04 Å². The number of carbonyl (C=O) groups excluding carboxylic acids is 4. The summed E-state index contributed by atoms with van der Waals surface area (Å²) in [5.41, 5.74) is 2.98. The minimum atomic E-state index is -0.735. The van der Waals surface area contributed by atoms with Gasteiger partial charge in [0.15, 0.2) is 11.5 Å². The molecular formula is C31H30ClN5O8. The maximum atomic E-state index is 13.7. The van der Waals surface area contributed by atoms with Crippen LogP contribution in [0.3, 0.4) is 0 Å². The molecule has 1 unspecified atom stereocenters. The Morgan fingerprint density at radius 2 is 1.84 bits per heavy atom. The number of nitro benzene ring substituents is 1. The molecule has 2 N–H and O–H groups in total. The lowest BCUT2D eigenvalue weighted by molar-refractivity contribution is -0.385. The number of nitrogens with zero attached hydrogens (tertiary/aromatic N) is 3. The van der Waals surface area contributed by atoms with Crippen LogP contribution >= 0.6 is 11.6 Å². The number of aryl methyl sites for hydroxylation is 1. The maximum absolute atomic E-state index is 13.7. The second kappa shape index (κ2) is 12.8. The van der Waals surface area contributed by atoms with E-state index in [1.807, 2.05) is 6.92 Å². The summed E-state index contributed by atoms with van der Waals surface area (Å²) in [4.78, 5) is 64.9. The normalized spacial score (nSPS) is 15.8. The Morgan fingerprint density at radius 1 is 1.11 bits per heavy atom. The van der Waals surface area contributed by atoms with E-state index in [1.165, 1.54) is 36.2 Å². The largest absolute Gasteiger partial charge is 0.493 e. The lowest BCUT2D eigenvalue weighted by Crippen LogP contribution is -2.52. The standard InChI is InChI=1S/C31H30ClN5O8/c1-17-4-6-21(12-23(17)32)35(16-20-11-26(44-2)27(45-3)13-25(20)37(42)43)31(41)33-14-18-5-7-22-19(10-18)15-36(30(22)40)24-8-9-28(38)34-29(24)39/h4-7,10-13,24H,8-9,14-16H2,1-3H3,(H,33,41)(H,34,38,39). The summed E-state index contributed by atoms with van der Waals surface area (Å²) in [5, 5.41) is 17.5. The summed E-state index contributed by atoms with van der Waals surface area (Å²) in [6.07, 6.45) is 0.410. The van der Waals surface area contributed by atoms with E-state index in [1.54, 1.807) is 36.4 Å². The first-order valence-corrected chi connectivity index (χ1v) is 14.4. The molecule has 0 spiro atoms. The van der Waals surface area contributed by atoms with Crippen molar-refractivity contribution in [2.75, 3.05) is 19.1 Å². The number of piperidine rings is 1. The Bertz CT molecular complexity index is 1730. The van der Waals surface area contributed by atoms with Crippen molar-refractivity contribution in [3.63, 3.8) is 0 Å². The number of hydrogen-bond acceptors (Lipinski definition) is 8. The fourth-order valence-corrected chi connectivity index (χ4v) is 5.59. The SMILES string of the molecule is COc1cc(CN(C(=O)NCc2ccc3c(c2)CN(C2CCC(=O)NC2=O)C3=O)c2ccc(C)c(Cl)c2)c([N+](=O)[O-])cc1OC. The first-order valence-electron chi connectivity index (χ1n) is 14.0. The zero-order chi connectivity index (χ0) is 32.4. The lowest BCUT2D eigenvalue weighted by atomic mass is 10.0. The Morgan fingerprint density at radius 3 is 2.51 bits per heavy atom. The highest BCUT2D eigenvalue weighted by Crippen LogP contribution is 2.36. The van der Waals surface area contributed by atoms with Crippen molar-refractivity contribution < 1.29 is 33.6 Å². The van der Waals surface area contributed by atoms with Gasteiger partial charge in [0.25, 0.3) is 11.6 Å². The van der Waals surface area contributed by atoms with Gasteiger partial charge in [0.05, 0.1) is 37.3 Å². The van der Waals surface area contributed by atoms with E-state index in [4.69, 9.17) is 21.1 Å². The number of imide groups is 1. The van der Waals surface area contributed by atoms with Crippen LogP contribution in [0.5, 0.6) is 11.5 Å². The predicted molar refractivity (Wildman–Crippen MR) is 163 cm³/mol. The van der Waals surface area contributed by atoms with Gasteiger partial charge in [-0.2, -0.15) is 0 Å². The third kappa shape index (κ3) is 6.38. The molecule has 3 aromatic rings. The van der Waals surface area contributed by atoms with Crippen LogP contribution in [-0.2, 0) is 29.2 Å². The molecule has 13 nitrogen and oxygen atoms in total. The van der Waals surface area contributed by atoms with Gasteiger partial charge in [-0.15, -0.1) is 0 Å². The molecule has 2 aliphatic heterocycles. The highest BCUT2D eigenvalue weighted by Gasteiger charge is 2.39. The number of carbonyl (C=O) groups is 4. The van der Waals surface area contributed by atoms with E-state index < -0.39 is 22.9 Å². The topological polar surface area (TPSA) is 160 Å². The molecule has 1 fully saturated rings. The fraction of sp³-hybridized carbons (Fsp3) is 0.290. The van der Waals surface area contributed by atoms with Gasteiger partial charge < -0.3 is 19.7 Å². The van der Waals surface area contributed by atoms with Gasteiger partial charge in [-0.3, -0.25) is 34.7 Å². The molecule has 0 aromatic heterocycles. The van der Waals surface area contributed by atoms with Crippen LogP contribution in [-0.4, -0.2) is 53.8 Å². The van der Waals surface area contributed by atoms with Crippen LogP contribution in [0.25, 0.3) is 0 Å².